The lowest BCUT2D eigenvalue weighted by Gasteiger charge is -2.07. The summed E-state index contributed by atoms with van der Waals surface area (Å²) in [5, 5.41) is 18.9. The van der Waals surface area contributed by atoms with E-state index in [2.05, 4.69) is 15.5 Å². The van der Waals surface area contributed by atoms with Crippen molar-refractivity contribution in [3.8, 4) is 6.07 Å². The maximum Gasteiger partial charge on any atom is 0.124 e. The number of aromatic nitrogens is 2. The molecule has 0 aliphatic rings. The molecule has 0 aliphatic heterocycles. The number of hydrogen-bond acceptors (Lipinski definition) is 3. The van der Waals surface area contributed by atoms with Crippen LogP contribution in [0.4, 0.5) is 10.1 Å². The summed E-state index contributed by atoms with van der Waals surface area (Å²) in [5.74, 6) is -0.392. The highest BCUT2D eigenvalue weighted by molar-refractivity contribution is 5.57. The van der Waals surface area contributed by atoms with E-state index in [9.17, 15) is 4.39 Å². The summed E-state index contributed by atoms with van der Waals surface area (Å²) in [6, 6.07) is 6.17. The Kier molecular flexibility index (Phi) is 4.14. The fraction of sp³-hybridized carbons (Fsp3) is 0.286. The number of anilines is 1. The first-order valence-electron chi connectivity index (χ1n) is 6.13. The Bertz CT molecular complexity index is 598. The number of rotatable bonds is 5. The number of nitrogens with one attached hydrogen (secondary N) is 2. The summed E-state index contributed by atoms with van der Waals surface area (Å²) in [5.41, 5.74) is 3.29. The first-order chi connectivity index (χ1) is 9.20. The Labute approximate surface area is 111 Å². The van der Waals surface area contributed by atoms with E-state index in [0.717, 1.165) is 25.1 Å². The molecule has 0 atom stereocenters. The molecule has 0 bridgehead atoms. The van der Waals surface area contributed by atoms with Crippen LogP contribution in [-0.4, -0.2) is 16.7 Å². The Hall–Kier alpha value is -2.35. The van der Waals surface area contributed by atoms with E-state index in [-0.39, 0.29) is 0 Å². The molecule has 19 heavy (non-hydrogen) atoms. The molecule has 2 rings (SSSR count). The van der Waals surface area contributed by atoms with Crippen LogP contribution in [-0.2, 0) is 6.42 Å². The van der Waals surface area contributed by atoms with Gasteiger partial charge in [0.25, 0.3) is 0 Å². The zero-order valence-corrected chi connectivity index (χ0v) is 10.7. The number of nitrogens with zero attached hydrogens (tertiary/aromatic N) is 2. The van der Waals surface area contributed by atoms with Crippen molar-refractivity contribution in [1.29, 1.82) is 5.26 Å². The van der Waals surface area contributed by atoms with Gasteiger partial charge in [0.1, 0.15) is 11.9 Å². The van der Waals surface area contributed by atoms with E-state index in [1.807, 2.05) is 19.2 Å². The van der Waals surface area contributed by atoms with E-state index in [1.54, 1.807) is 6.07 Å². The van der Waals surface area contributed by atoms with Gasteiger partial charge in [-0.25, -0.2) is 4.39 Å². The molecule has 0 spiro atoms. The van der Waals surface area contributed by atoms with Crippen LogP contribution < -0.4 is 5.32 Å². The minimum Gasteiger partial charge on any atom is -0.384 e. The second kappa shape index (κ2) is 6.01. The molecular weight excluding hydrogens is 243 g/mol. The van der Waals surface area contributed by atoms with Gasteiger partial charge in [-0.1, -0.05) is 0 Å². The van der Waals surface area contributed by atoms with Crippen LogP contribution in [0, 0.1) is 24.1 Å². The quantitative estimate of drug-likeness (QED) is 0.810. The second-order valence-corrected chi connectivity index (χ2v) is 4.35. The predicted molar refractivity (Wildman–Crippen MR) is 71.3 cm³/mol. The summed E-state index contributed by atoms with van der Waals surface area (Å²) in [6.45, 7) is 2.72. The molecular formula is C14H15FN4. The topological polar surface area (TPSA) is 64.5 Å². The van der Waals surface area contributed by atoms with Crippen LogP contribution in [0.5, 0.6) is 0 Å². The molecule has 98 valence electrons. The van der Waals surface area contributed by atoms with Gasteiger partial charge in [-0.05, 0) is 43.5 Å². The molecule has 0 fully saturated rings. The van der Waals surface area contributed by atoms with E-state index >= 15 is 0 Å². The van der Waals surface area contributed by atoms with E-state index in [0.29, 0.717) is 11.3 Å². The van der Waals surface area contributed by atoms with Crippen LogP contribution in [0.2, 0.25) is 0 Å². The van der Waals surface area contributed by atoms with Crippen LogP contribution in [0.1, 0.15) is 23.2 Å². The maximum absolute atomic E-state index is 13.0. The largest absolute Gasteiger partial charge is 0.384 e. The number of H-pyrrole nitrogens is 1. The Balaban J connectivity index is 1.86. The first kappa shape index (κ1) is 13.1. The molecule has 2 aromatic rings. The standard InChI is InChI=1S/C14H15FN4/c1-10-11(9-18-19-10)3-2-6-17-14-5-4-13(15)7-12(14)8-16/h4-5,7,9,17H,2-3,6H2,1H3,(H,18,19). The molecule has 4 nitrogen and oxygen atoms in total. The monoisotopic (exact) mass is 258 g/mol. The van der Waals surface area contributed by atoms with E-state index in [4.69, 9.17) is 5.26 Å². The first-order valence-corrected chi connectivity index (χ1v) is 6.13. The number of halogens is 1. The third-order valence-electron chi connectivity index (χ3n) is 2.97. The molecule has 0 radical (unpaired) electrons. The Morgan fingerprint density at radius 3 is 3.00 bits per heavy atom. The van der Waals surface area contributed by atoms with Crippen LogP contribution in [0.15, 0.2) is 24.4 Å². The molecule has 0 aliphatic carbocycles. The van der Waals surface area contributed by atoms with Crippen molar-refractivity contribution >= 4 is 5.69 Å². The molecule has 0 amide bonds. The summed E-state index contributed by atoms with van der Waals surface area (Å²) in [4.78, 5) is 0. The normalized spacial score (nSPS) is 10.2. The zero-order chi connectivity index (χ0) is 13.7. The summed E-state index contributed by atoms with van der Waals surface area (Å²) < 4.78 is 13.0. The molecule has 1 aromatic carbocycles. The Morgan fingerprint density at radius 2 is 2.32 bits per heavy atom. The second-order valence-electron chi connectivity index (χ2n) is 4.35. The molecule has 1 heterocycles. The number of nitriles is 1. The highest BCUT2D eigenvalue weighted by Crippen LogP contribution is 2.16. The third-order valence-corrected chi connectivity index (χ3v) is 2.97. The summed E-state index contributed by atoms with van der Waals surface area (Å²) in [6.07, 6.45) is 3.66. The highest BCUT2D eigenvalue weighted by Gasteiger charge is 2.04. The van der Waals surface area contributed by atoms with Gasteiger partial charge in [0.2, 0.25) is 0 Å². The van der Waals surface area contributed by atoms with Crippen LogP contribution in [0.3, 0.4) is 0 Å². The molecule has 0 saturated heterocycles. The van der Waals surface area contributed by atoms with E-state index in [1.165, 1.54) is 17.7 Å². The van der Waals surface area contributed by atoms with Gasteiger partial charge < -0.3 is 5.32 Å². The van der Waals surface area contributed by atoms with E-state index < -0.39 is 5.82 Å². The van der Waals surface area contributed by atoms with Gasteiger partial charge in [0.15, 0.2) is 0 Å². The smallest absolute Gasteiger partial charge is 0.124 e. The fourth-order valence-electron chi connectivity index (χ4n) is 1.89. The van der Waals surface area contributed by atoms with Crippen molar-refractivity contribution in [2.75, 3.05) is 11.9 Å². The van der Waals surface area contributed by atoms with Gasteiger partial charge in [-0.3, -0.25) is 5.10 Å². The third kappa shape index (κ3) is 3.32. The molecule has 2 N–H and O–H groups in total. The summed E-state index contributed by atoms with van der Waals surface area (Å²) in [7, 11) is 0. The van der Waals surface area contributed by atoms with Gasteiger partial charge in [0.05, 0.1) is 17.4 Å². The Morgan fingerprint density at radius 1 is 1.47 bits per heavy atom. The summed E-state index contributed by atoms with van der Waals surface area (Å²) >= 11 is 0. The van der Waals surface area contributed by atoms with Gasteiger partial charge in [0, 0.05) is 12.2 Å². The lowest BCUT2D eigenvalue weighted by atomic mass is 10.1. The number of hydrogen-bond donors (Lipinski definition) is 2. The maximum atomic E-state index is 13.0. The van der Waals surface area contributed by atoms with Crippen molar-refractivity contribution < 1.29 is 4.39 Å². The minimum atomic E-state index is -0.392. The average molecular weight is 258 g/mol. The van der Waals surface area contributed by atoms with Crippen molar-refractivity contribution in [2.45, 2.75) is 19.8 Å². The van der Waals surface area contributed by atoms with Crippen LogP contribution in [0.25, 0.3) is 0 Å². The molecule has 0 unspecified atom stereocenters. The molecule has 1 aromatic heterocycles. The zero-order valence-electron chi connectivity index (χ0n) is 10.7. The van der Waals surface area contributed by atoms with Crippen molar-refractivity contribution in [2.24, 2.45) is 0 Å². The lowest BCUT2D eigenvalue weighted by molar-refractivity contribution is 0.627. The molecule has 5 heteroatoms. The van der Waals surface area contributed by atoms with Gasteiger partial charge >= 0.3 is 0 Å². The predicted octanol–water partition coefficient (Wildman–Crippen LogP) is 2.77. The minimum absolute atomic E-state index is 0.333. The highest BCUT2D eigenvalue weighted by atomic mass is 19.1. The van der Waals surface area contributed by atoms with Crippen LogP contribution >= 0.6 is 0 Å². The fourth-order valence-corrected chi connectivity index (χ4v) is 1.89. The number of benzene rings is 1. The SMILES string of the molecule is Cc1[nH]ncc1CCCNc1ccc(F)cc1C#N. The molecule has 0 saturated carbocycles. The van der Waals surface area contributed by atoms with Gasteiger partial charge in [-0.2, -0.15) is 10.4 Å². The average Bonchev–Trinajstić information content (AvgIpc) is 2.81. The van der Waals surface area contributed by atoms with Crippen molar-refractivity contribution in [3.63, 3.8) is 0 Å². The van der Waals surface area contributed by atoms with Crippen molar-refractivity contribution in [3.05, 3.63) is 47.0 Å². The lowest BCUT2D eigenvalue weighted by Crippen LogP contribution is -2.05. The number of aromatic amines is 1. The van der Waals surface area contributed by atoms with Gasteiger partial charge in [-0.15, -0.1) is 0 Å². The number of aryl methyl sites for hydroxylation is 2. The van der Waals surface area contributed by atoms with Crippen molar-refractivity contribution in [1.82, 2.24) is 10.2 Å².